The Morgan fingerprint density at radius 2 is 2.18 bits per heavy atom. The van der Waals surface area contributed by atoms with Gasteiger partial charge in [0, 0.05) is 6.20 Å². The number of nitrogens with one attached hydrogen (secondary N) is 1. The van der Waals surface area contributed by atoms with Crippen LogP contribution >= 0.6 is 0 Å². The van der Waals surface area contributed by atoms with Crippen LogP contribution in [0, 0.1) is 0 Å². The smallest absolute Gasteiger partial charge is 0.383 e. The Labute approximate surface area is 95.1 Å². The van der Waals surface area contributed by atoms with E-state index in [0.29, 0.717) is 0 Å². The average molecular weight is 236 g/mol. The summed E-state index contributed by atoms with van der Waals surface area (Å²) in [6.07, 6.45) is 2.74. The summed E-state index contributed by atoms with van der Waals surface area (Å²) in [5.41, 5.74) is 0.227. The van der Waals surface area contributed by atoms with E-state index >= 15 is 0 Å². The molecule has 2 aromatic rings. The van der Waals surface area contributed by atoms with Gasteiger partial charge in [-0.05, 0) is 12.1 Å². The zero-order chi connectivity index (χ0) is 12.3. The van der Waals surface area contributed by atoms with E-state index in [0.717, 1.165) is 4.85 Å². The lowest BCUT2D eigenvalue weighted by Gasteiger charge is -1.99. The summed E-state index contributed by atoms with van der Waals surface area (Å²) in [5, 5.41) is 9.74. The molecule has 2 aromatic heterocycles. The third-order valence-corrected chi connectivity index (χ3v) is 1.86. The Hall–Kier alpha value is -2.64. The van der Waals surface area contributed by atoms with Crippen molar-refractivity contribution in [2.75, 3.05) is 7.11 Å². The van der Waals surface area contributed by atoms with Crippen molar-refractivity contribution in [3.8, 4) is 0 Å². The van der Waals surface area contributed by atoms with E-state index in [2.05, 4.69) is 20.0 Å². The molecular formula is C9H8N4O4. The van der Waals surface area contributed by atoms with Gasteiger partial charge >= 0.3 is 11.9 Å². The average Bonchev–Trinajstić information content (AvgIpc) is 2.98. The lowest BCUT2D eigenvalue weighted by molar-refractivity contribution is 0.0374. The Balaban J connectivity index is 2.07. The highest BCUT2D eigenvalue weighted by molar-refractivity contribution is 5.88. The summed E-state index contributed by atoms with van der Waals surface area (Å²) in [6, 6.07) is 2.82. The van der Waals surface area contributed by atoms with Crippen molar-refractivity contribution in [1.82, 2.24) is 20.1 Å². The monoisotopic (exact) mass is 236 g/mol. The Kier molecular flexibility index (Phi) is 2.86. The van der Waals surface area contributed by atoms with E-state index in [9.17, 15) is 9.59 Å². The van der Waals surface area contributed by atoms with Crippen LogP contribution in [0.5, 0.6) is 0 Å². The topological polar surface area (TPSA) is 99.1 Å². The largest absolute Gasteiger partial charge is 0.464 e. The van der Waals surface area contributed by atoms with Gasteiger partial charge in [-0.3, -0.25) is 5.10 Å². The lowest BCUT2D eigenvalue weighted by atomic mass is 10.4. The molecule has 0 fully saturated rings. The van der Waals surface area contributed by atoms with E-state index in [4.69, 9.17) is 4.84 Å². The molecule has 0 aliphatic rings. The van der Waals surface area contributed by atoms with E-state index in [1.165, 1.54) is 31.6 Å². The highest BCUT2D eigenvalue weighted by atomic mass is 16.7. The van der Waals surface area contributed by atoms with Crippen LogP contribution in [0.2, 0.25) is 0 Å². The second-order valence-corrected chi connectivity index (χ2v) is 2.94. The Bertz CT molecular complexity index is 531. The molecular weight excluding hydrogens is 228 g/mol. The first-order valence-corrected chi connectivity index (χ1v) is 4.56. The summed E-state index contributed by atoms with van der Waals surface area (Å²) in [4.78, 5) is 28.2. The zero-order valence-electron chi connectivity index (χ0n) is 8.78. The maximum Gasteiger partial charge on any atom is 0.383 e. The quantitative estimate of drug-likeness (QED) is 0.732. The molecule has 0 spiro atoms. The fraction of sp³-hybridized carbons (Fsp3) is 0.111. The predicted molar refractivity (Wildman–Crippen MR) is 53.1 cm³/mol. The predicted octanol–water partition coefficient (Wildman–Crippen LogP) is -0.338. The van der Waals surface area contributed by atoms with Crippen LogP contribution in [0.4, 0.5) is 0 Å². The van der Waals surface area contributed by atoms with Gasteiger partial charge in [0.25, 0.3) is 0 Å². The maximum atomic E-state index is 11.5. The van der Waals surface area contributed by atoms with Crippen molar-refractivity contribution in [3.05, 3.63) is 35.9 Å². The minimum Gasteiger partial charge on any atom is -0.464 e. The molecule has 2 rings (SSSR count). The van der Waals surface area contributed by atoms with Crippen LogP contribution in [0.25, 0.3) is 0 Å². The van der Waals surface area contributed by atoms with Crippen LogP contribution in [-0.2, 0) is 4.74 Å². The second kappa shape index (κ2) is 4.47. The lowest BCUT2D eigenvalue weighted by Crippen LogP contribution is -2.21. The number of aromatic amines is 1. The number of esters is 1. The normalized spacial score (nSPS) is 9.94. The molecule has 0 aliphatic carbocycles. The van der Waals surface area contributed by atoms with Gasteiger partial charge in [-0.2, -0.15) is 5.10 Å². The van der Waals surface area contributed by atoms with Gasteiger partial charge < -0.3 is 9.57 Å². The van der Waals surface area contributed by atoms with Crippen molar-refractivity contribution in [1.29, 1.82) is 0 Å². The Morgan fingerprint density at radius 1 is 1.35 bits per heavy atom. The molecule has 0 saturated carbocycles. The number of carbonyl (C=O) groups excluding carboxylic acids is 2. The number of hydrogen-bond donors (Lipinski definition) is 1. The molecule has 88 valence electrons. The fourth-order valence-corrected chi connectivity index (χ4v) is 1.08. The van der Waals surface area contributed by atoms with Gasteiger partial charge in [-0.15, -0.1) is 5.10 Å². The third-order valence-electron chi connectivity index (χ3n) is 1.86. The molecule has 0 atom stereocenters. The van der Waals surface area contributed by atoms with Gasteiger partial charge in [0.1, 0.15) is 5.69 Å². The van der Waals surface area contributed by atoms with Crippen molar-refractivity contribution in [2.24, 2.45) is 0 Å². The number of carbonyl (C=O) groups is 2. The molecule has 0 aromatic carbocycles. The number of methoxy groups -OCH3 is 1. The summed E-state index contributed by atoms with van der Waals surface area (Å²) in [5.74, 6) is -1.27. The molecule has 17 heavy (non-hydrogen) atoms. The van der Waals surface area contributed by atoms with Crippen LogP contribution in [0.15, 0.2) is 24.5 Å². The molecule has 0 saturated heterocycles. The highest BCUT2D eigenvalue weighted by Gasteiger charge is 2.13. The highest BCUT2D eigenvalue weighted by Crippen LogP contribution is 1.98. The van der Waals surface area contributed by atoms with Gasteiger partial charge in [0.15, 0.2) is 5.69 Å². The van der Waals surface area contributed by atoms with E-state index in [1.54, 1.807) is 0 Å². The van der Waals surface area contributed by atoms with Crippen molar-refractivity contribution in [3.63, 3.8) is 0 Å². The molecule has 1 N–H and O–H groups in total. The van der Waals surface area contributed by atoms with Crippen LogP contribution < -0.4 is 4.84 Å². The Morgan fingerprint density at radius 3 is 2.82 bits per heavy atom. The van der Waals surface area contributed by atoms with Gasteiger partial charge in [-0.25, -0.2) is 9.59 Å². The number of ether oxygens (including phenoxy) is 1. The van der Waals surface area contributed by atoms with Crippen LogP contribution in [0.1, 0.15) is 21.0 Å². The molecule has 0 radical (unpaired) electrons. The number of aromatic nitrogens is 4. The van der Waals surface area contributed by atoms with Crippen LogP contribution in [0.3, 0.4) is 0 Å². The standard InChI is InChI=1S/C9H8N4O4/c1-16-8(14)7-3-5-13(12-7)17-9(15)6-2-4-10-11-6/h2-5H,1H3,(H,10,11). The van der Waals surface area contributed by atoms with Crippen LogP contribution in [-0.4, -0.2) is 39.2 Å². The third kappa shape index (κ3) is 2.30. The SMILES string of the molecule is COC(=O)c1ccn(OC(=O)c2ccn[nH]2)n1. The first-order chi connectivity index (χ1) is 8.20. The second-order valence-electron chi connectivity index (χ2n) is 2.94. The number of nitrogens with zero attached hydrogens (tertiary/aromatic N) is 3. The molecule has 0 bridgehead atoms. The number of hydrogen-bond acceptors (Lipinski definition) is 6. The molecule has 0 unspecified atom stereocenters. The zero-order valence-corrected chi connectivity index (χ0v) is 8.78. The van der Waals surface area contributed by atoms with Crippen molar-refractivity contribution >= 4 is 11.9 Å². The number of H-pyrrole nitrogens is 1. The first kappa shape index (κ1) is 10.9. The van der Waals surface area contributed by atoms with Gasteiger partial charge in [0.2, 0.25) is 0 Å². The van der Waals surface area contributed by atoms with Crippen molar-refractivity contribution < 1.29 is 19.2 Å². The van der Waals surface area contributed by atoms with Gasteiger partial charge in [0.05, 0.1) is 13.3 Å². The summed E-state index contributed by atoms with van der Waals surface area (Å²) in [6.45, 7) is 0. The molecule has 0 amide bonds. The van der Waals surface area contributed by atoms with E-state index < -0.39 is 11.9 Å². The minimum absolute atomic E-state index is 0.0462. The molecule has 8 nitrogen and oxygen atoms in total. The van der Waals surface area contributed by atoms with E-state index in [1.807, 2.05) is 0 Å². The summed E-state index contributed by atoms with van der Waals surface area (Å²) < 4.78 is 4.46. The molecule has 0 aliphatic heterocycles. The van der Waals surface area contributed by atoms with E-state index in [-0.39, 0.29) is 11.4 Å². The summed E-state index contributed by atoms with van der Waals surface area (Å²) in [7, 11) is 1.23. The molecule has 8 heteroatoms. The maximum absolute atomic E-state index is 11.5. The van der Waals surface area contributed by atoms with Crippen molar-refractivity contribution in [2.45, 2.75) is 0 Å². The fourth-order valence-electron chi connectivity index (χ4n) is 1.08. The number of rotatable bonds is 3. The summed E-state index contributed by atoms with van der Waals surface area (Å²) >= 11 is 0. The van der Waals surface area contributed by atoms with Gasteiger partial charge in [-0.1, -0.05) is 4.85 Å². The first-order valence-electron chi connectivity index (χ1n) is 4.56. The molecule has 2 heterocycles. The minimum atomic E-state index is -0.665.